The third kappa shape index (κ3) is 1.73. The normalized spacial score (nSPS) is 12.5. The molecule has 0 saturated carbocycles. The smallest absolute Gasteiger partial charge is 0.122 e. The molecule has 2 rings (SSSR count). The molecular formula is C10H14O. The van der Waals surface area contributed by atoms with Crippen LogP contribution in [0.25, 0.3) is 0 Å². The van der Waals surface area contributed by atoms with E-state index in [-0.39, 0.29) is 0 Å². The molecule has 1 aromatic carbocycles. The largest absolute Gasteiger partial charge is 0.493 e. The predicted molar refractivity (Wildman–Crippen MR) is 47.0 cm³/mol. The number of benzene rings is 1. The van der Waals surface area contributed by atoms with Crippen LogP contribution in [-0.4, -0.2) is 6.61 Å². The molecule has 0 radical (unpaired) electrons. The molecule has 0 aliphatic carbocycles. The zero-order valence-electron chi connectivity index (χ0n) is 7.13. The van der Waals surface area contributed by atoms with Gasteiger partial charge in [0, 0.05) is 6.42 Å². The molecule has 60 valence electrons. The van der Waals surface area contributed by atoms with Crippen LogP contribution in [0.3, 0.4) is 0 Å². The summed E-state index contributed by atoms with van der Waals surface area (Å²) in [5, 5.41) is 0. The van der Waals surface area contributed by atoms with Crippen molar-refractivity contribution in [1.82, 2.24) is 0 Å². The molecule has 1 aliphatic rings. The van der Waals surface area contributed by atoms with E-state index >= 15 is 0 Å². The Morgan fingerprint density at radius 3 is 2.64 bits per heavy atom. The van der Waals surface area contributed by atoms with Gasteiger partial charge in [0.1, 0.15) is 5.75 Å². The van der Waals surface area contributed by atoms with Gasteiger partial charge in [0.25, 0.3) is 0 Å². The van der Waals surface area contributed by atoms with Crippen LogP contribution in [0.1, 0.15) is 19.4 Å². The Morgan fingerprint density at radius 1 is 1.18 bits per heavy atom. The van der Waals surface area contributed by atoms with Crippen LogP contribution in [-0.2, 0) is 6.42 Å². The van der Waals surface area contributed by atoms with Crippen molar-refractivity contribution in [2.75, 3.05) is 6.61 Å². The number of ether oxygens (including phenoxy) is 1. The lowest BCUT2D eigenvalue weighted by Crippen LogP contribution is -1.85. The Bertz CT molecular complexity index is 195. The summed E-state index contributed by atoms with van der Waals surface area (Å²) in [4.78, 5) is 0. The second kappa shape index (κ2) is 4.02. The number of rotatable bonds is 0. The lowest BCUT2D eigenvalue weighted by atomic mass is 10.2. The van der Waals surface area contributed by atoms with Gasteiger partial charge in [0.2, 0.25) is 0 Å². The van der Waals surface area contributed by atoms with E-state index in [1.54, 1.807) is 0 Å². The summed E-state index contributed by atoms with van der Waals surface area (Å²) in [5.41, 5.74) is 1.34. The van der Waals surface area contributed by atoms with E-state index in [0.29, 0.717) is 0 Å². The molecule has 0 unspecified atom stereocenters. The zero-order valence-corrected chi connectivity index (χ0v) is 7.13. The minimum atomic E-state index is 0.860. The van der Waals surface area contributed by atoms with E-state index < -0.39 is 0 Å². The lowest BCUT2D eigenvalue weighted by Gasteiger charge is -1.93. The molecule has 1 aromatic rings. The first-order chi connectivity index (χ1) is 5.47. The predicted octanol–water partition coefficient (Wildman–Crippen LogP) is 2.65. The number of hydrogen-bond donors (Lipinski definition) is 0. The molecule has 0 aromatic heterocycles. The average molecular weight is 150 g/mol. The van der Waals surface area contributed by atoms with Crippen LogP contribution in [0, 0.1) is 0 Å². The van der Waals surface area contributed by atoms with Gasteiger partial charge in [0.15, 0.2) is 0 Å². The van der Waals surface area contributed by atoms with E-state index in [9.17, 15) is 0 Å². The maximum absolute atomic E-state index is 5.30. The fourth-order valence-electron chi connectivity index (χ4n) is 1.12. The van der Waals surface area contributed by atoms with Gasteiger partial charge < -0.3 is 4.74 Å². The molecule has 11 heavy (non-hydrogen) atoms. The first-order valence-electron chi connectivity index (χ1n) is 4.17. The van der Waals surface area contributed by atoms with Gasteiger partial charge in [-0.1, -0.05) is 32.0 Å². The Labute approximate surface area is 68.0 Å². The second-order valence-corrected chi connectivity index (χ2v) is 2.21. The van der Waals surface area contributed by atoms with Gasteiger partial charge in [-0.2, -0.15) is 0 Å². The topological polar surface area (TPSA) is 9.23 Å². The van der Waals surface area contributed by atoms with Crippen LogP contribution in [0.2, 0.25) is 0 Å². The summed E-state index contributed by atoms with van der Waals surface area (Å²) in [6.07, 6.45) is 1.08. The van der Waals surface area contributed by atoms with Crippen molar-refractivity contribution < 1.29 is 4.74 Å². The fourth-order valence-corrected chi connectivity index (χ4v) is 1.12. The van der Waals surface area contributed by atoms with Crippen molar-refractivity contribution >= 4 is 0 Å². The zero-order chi connectivity index (χ0) is 8.10. The molecule has 0 spiro atoms. The minimum absolute atomic E-state index is 0.860. The highest BCUT2D eigenvalue weighted by atomic mass is 16.5. The van der Waals surface area contributed by atoms with Crippen molar-refractivity contribution in [3.63, 3.8) is 0 Å². The third-order valence-electron chi connectivity index (χ3n) is 1.60. The van der Waals surface area contributed by atoms with E-state index in [1.165, 1.54) is 5.56 Å². The quantitative estimate of drug-likeness (QED) is 0.552. The van der Waals surface area contributed by atoms with E-state index in [1.807, 2.05) is 32.0 Å². The van der Waals surface area contributed by atoms with Crippen molar-refractivity contribution in [3.8, 4) is 5.75 Å². The van der Waals surface area contributed by atoms with Gasteiger partial charge in [0.05, 0.1) is 6.61 Å². The van der Waals surface area contributed by atoms with Crippen LogP contribution < -0.4 is 4.74 Å². The van der Waals surface area contributed by atoms with Gasteiger partial charge in [-0.25, -0.2) is 0 Å². The highest BCUT2D eigenvalue weighted by Crippen LogP contribution is 2.23. The molecule has 1 aliphatic heterocycles. The second-order valence-electron chi connectivity index (χ2n) is 2.21. The van der Waals surface area contributed by atoms with Crippen molar-refractivity contribution in [3.05, 3.63) is 29.8 Å². The summed E-state index contributed by atoms with van der Waals surface area (Å²) < 4.78 is 5.30. The van der Waals surface area contributed by atoms with Crippen LogP contribution in [0.15, 0.2) is 24.3 Å². The molecule has 0 atom stereocenters. The number of para-hydroxylation sites is 1. The Balaban J connectivity index is 0.000000281. The summed E-state index contributed by atoms with van der Waals surface area (Å²) in [6.45, 7) is 4.86. The van der Waals surface area contributed by atoms with E-state index in [4.69, 9.17) is 4.74 Å². The number of hydrogen-bond acceptors (Lipinski definition) is 1. The molecule has 0 amide bonds. The Morgan fingerprint density at radius 2 is 1.91 bits per heavy atom. The van der Waals surface area contributed by atoms with Crippen LogP contribution in [0.4, 0.5) is 0 Å². The molecule has 1 nitrogen and oxygen atoms in total. The average Bonchev–Trinajstić information content (AvgIpc) is 2.55. The summed E-state index contributed by atoms with van der Waals surface area (Å²) in [6, 6.07) is 8.18. The fraction of sp³-hybridized carbons (Fsp3) is 0.400. The standard InChI is InChI=1S/C8H8O.C2H6/c1-2-4-8-7(3-1)5-6-9-8;1-2/h1-4H,5-6H2;1-2H3. The van der Waals surface area contributed by atoms with E-state index in [0.717, 1.165) is 18.8 Å². The van der Waals surface area contributed by atoms with Crippen LogP contribution in [0.5, 0.6) is 5.75 Å². The maximum atomic E-state index is 5.30. The molecule has 1 heterocycles. The monoisotopic (exact) mass is 150 g/mol. The highest BCUT2D eigenvalue weighted by molar-refractivity contribution is 5.35. The summed E-state index contributed by atoms with van der Waals surface area (Å²) in [7, 11) is 0. The first-order valence-corrected chi connectivity index (χ1v) is 4.17. The maximum Gasteiger partial charge on any atom is 0.122 e. The summed E-state index contributed by atoms with van der Waals surface area (Å²) in [5.74, 6) is 1.07. The van der Waals surface area contributed by atoms with Crippen molar-refractivity contribution in [1.29, 1.82) is 0 Å². The van der Waals surface area contributed by atoms with Gasteiger partial charge in [-0.3, -0.25) is 0 Å². The first kappa shape index (κ1) is 8.12. The lowest BCUT2D eigenvalue weighted by molar-refractivity contribution is 0.357. The van der Waals surface area contributed by atoms with Crippen molar-refractivity contribution in [2.45, 2.75) is 20.3 Å². The molecular weight excluding hydrogens is 136 g/mol. The third-order valence-corrected chi connectivity index (χ3v) is 1.60. The summed E-state index contributed by atoms with van der Waals surface area (Å²) >= 11 is 0. The SMILES string of the molecule is CC.c1ccc2c(c1)CCO2. The Hall–Kier alpha value is -0.980. The van der Waals surface area contributed by atoms with Gasteiger partial charge >= 0.3 is 0 Å². The number of fused-ring (bicyclic) bond motifs is 1. The molecule has 0 saturated heterocycles. The van der Waals surface area contributed by atoms with Gasteiger partial charge in [-0.15, -0.1) is 0 Å². The molecule has 0 bridgehead atoms. The Kier molecular flexibility index (Phi) is 2.96. The van der Waals surface area contributed by atoms with Gasteiger partial charge in [-0.05, 0) is 11.6 Å². The highest BCUT2D eigenvalue weighted by Gasteiger charge is 2.08. The molecule has 0 N–H and O–H groups in total. The molecule has 1 heteroatoms. The van der Waals surface area contributed by atoms with Crippen LogP contribution >= 0.6 is 0 Å². The van der Waals surface area contributed by atoms with E-state index in [2.05, 4.69) is 6.07 Å². The molecule has 0 fully saturated rings. The van der Waals surface area contributed by atoms with Crippen molar-refractivity contribution in [2.24, 2.45) is 0 Å². The minimum Gasteiger partial charge on any atom is -0.493 e.